The van der Waals surface area contributed by atoms with Crippen molar-refractivity contribution < 1.29 is 19.0 Å². The molecule has 1 N–H and O–H groups in total. The van der Waals surface area contributed by atoms with E-state index in [1.807, 2.05) is 0 Å². The fraction of sp³-hybridized carbons (Fsp3) is 0.857. The van der Waals surface area contributed by atoms with Crippen molar-refractivity contribution >= 4 is 5.97 Å². The van der Waals surface area contributed by atoms with Crippen LogP contribution in [0.25, 0.3) is 0 Å². The topological polar surface area (TPSA) is 46.5 Å². The van der Waals surface area contributed by atoms with Crippen LogP contribution in [0.3, 0.4) is 0 Å². The van der Waals surface area contributed by atoms with Crippen LogP contribution < -0.4 is 0 Å². The maximum absolute atomic E-state index is 12.3. The Labute approximate surface area is 65.2 Å². The number of hydrogen-bond acceptors (Lipinski definition) is 3. The number of ether oxygens (including phenoxy) is 1. The summed E-state index contributed by atoms with van der Waals surface area (Å²) in [6.07, 6.45) is -1.23. The highest BCUT2D eigenvalue weighted by molar-refractivity contribution is 5.69. The molecule has 0 bridgehead atoms. The zero-order valence-corrected chi connectivity index (χ0v) is 6.55. The van der Waals surface area contributed by atoms with Gasteiger partial charge in [-0.1, -0.05) is 0 Å². The Bertz CT molecular complexity index is 116. The van der Waals surface area contributed by atoms with E-state index in [1.165, 1.54) is 0 Å². The average molecular weight is 164 g/mol. The molecule has 0 aliphatic carbocycles. The molecule has 0 rings (SSSR count). The summed E-state index contributed by atoms with van der Waals surface area (Å²) < 4.78 is 16.8. The Morgan fingerprint density at radius 3 is 2.82 bits per heavy atom. The van der Waals surface area contributed by atoms with Gasteiger partial charge in [-0.05, 0) is 13.3 Å². The third-order valence-electron chi connectivity index (χ3n) is 1.17. The quantitative estimate of drug-likeness (QED) is 0.607. The highest BCUT2D eigenvalue weighted by Crippen LogP contribution is 2.01. The fourth-order valence-corrected chi connectivity index (χ4v) is 0.599. The molecule has 1 unspecified atom stereocenters. The van der Waals surface area contributed by atoms with Crippen LogP contribution in [0, 0.1) is 0 Å². The van der Waals surface area contributed by atoms with Gasteiger partial charge in [0, 0.05) is 6.42 Å². The Hall–Kier alpha value is -0.640. The van der Waals surface area contributed by atoms with E-state index in [0.29, 0.717) is 6.61 Å². The maximum atomic E-state index is 12.3. The molecule has 0 fully saturated rings. The SMILES string of the molecule is CCOC(=O)CCC(F)CO. The molecule has 0 saturated carbocycles. The predicted molar refractivity (Wildman–Crippen MR) is 37.8 cm³/mol. The summed E-state index contributed by atoms with van der Waals surface area (Å²) >= 11 is 0. The van der Waals surface area contributed by atoms with Gasteiger partial charge in [0.1, 0.15) is 6.17 Å². The third-order valence-corrected chi connectivity index (χ3v) is 1.17. The van der Waals surface area contributed by atoms with Crippen LogP contribution in [0.4, 0.5) is 4.39 Å². The first kappa shape index (κ1) is 10.4. The first-order chi connectivity index (χ1) is 5.20. The molecule has 0 amide bonds. The number of carbonyl (C=O) groups is 1. The molecule has 3 nitrogen and oxygen atoms in total. The second kappa shape index (κ2) is 6.09. The highest BCUT2D eigenvalue weighted by Gasteiger charge is 2.08. The van der Waals surface area contributed by atoms with Crippen LogP contribution in [0.2, 0.25) is 0 Å². The van der Waals surface area contributed by atoms with Gasteiger partial charge in [-0.15, -0.1) is 0 Å². The Morgan fingerprint density at radius 2 is 2.36 bits per heavy atom. The fourth-order valence-electron chi connectivity index (χ4n) is 0.599. The van der Waals surface area contributed by atoms with E-state index in [-0.39, 0.29) is 12.8 Å². The summed E-state index contributed by atoms with van der Waals surface area (Å²) in [7, 11) is 0. The smallest absolute Gasteiger partial charge is 0.305 e. The number of aliphatic hydroxyl groups excluding tert-OH is 1. The van der Waals surface area contributed by atoms with Gasteiger partial charge in [0.05, 0.1) is 13.2 Å². The zero-order valence-electron chi connectivity index (χ0n) is 6.55. The second-order valence-corrected chi connectivity index (χ2v) is 2.12. The lowest BCUT2D eigenvalue weighted by Gasteiger charge is -2.03. The Morgan fingerprint density at radius 1 is 1.73 bits per heavy atom. The van der Waals surface area contributed by atoms with Gasteiger partial charge in [0.15, 0.2) is 0 Å². The maximum Gasteiger partial charge on any atom is 0.305 e. The molecule has 11 heavy (non-hydrogen) atoms. The molecule has 0 radical (unpaired) electrons. The summed E-state index contributed by atoms with van der Waals surface area (Å²) in [5.74, 6) is -0.413. The molecule has 0 spiro atoms. The first-order valence-corrected chi connectivity index (χ1v) is 3.61. The molecule has 0 aromatic heterocycles. The molecule has 4 heteroatoms. The van der Waals surface area contributed by atoms with Crippen LogP contribution in [-0.2, 0) is 9.53 Å². The molecule has 0 aromatic rings. The monoisotopic (exact) mass is 164 g/mol. The van der Waals surface area contributed by atoms with Crippen LogP contribution in [0.15, 0.2) is 0 Å². The van der Waals surface area contributed by atoms with E-state index >= 15 is 0 Å². The lowest BCUT2D eigenvalue weighted by atomic mass is 10.2. The number of hydrogen-bond donors (Lipinski definition) is 1. The lowest BCUT2D eigenvalue weighted by molar-refractivity contribution is -0.143. The summed E-state index contributed by atoms with van der Waals surface area (Å²) in [5.41, 5.74) is 0. The van der Waals surface area contributed by atoms with Crippen LogP contribution >= 0.6 is 0 Å². The summed E-state index contributed by atoms with van der Waals surface area (Å²) in [4.78, 5) is 10.6. The average Bonchev–Trinajstić information content (AvgIpc) is 2.01. The second-order valence-electron chi connectivity index (χ2n) is 2.12. The first-order valence-electron chi connectivity index (χ1n) is 3.61. The van der Waals surface area contributed by atoms with Gasteiger partial charge < -0.3 is 9.84 Å². The molecule has 0 heterocycles. The van der Waals surface area contributed by atoms with Crippen LogP contribution in [-0.4, -0.2) is 30.5 Å². The van der Waals surface area contributed by atoms with Crippen molar-refractivity contribution in [1.29, 1.82) is 0 Å². The molecule has 0 aliphatic heterocycles. The third kappa shape index (κ3) is 5.79. The van der Waals surface area contributed by atoms with E-state index in [1.54, 1.807) is 6.92 Å². The molecule has 0 saturated heterocycles. The van der Waals surface area contributed by atoms with Gasteiger partial charge in [0.2, 0.25) is 0 Å². The molecular formula is C7H13FO3. The van der Waals surface area contributed by atoms with Crippen molar-refractivity contribution in [2.24, 2.45) is 0 Å². The summed E-state index contributed by atoms with van der Waals surface area (Å²) in [6, 6.07) is 0. The van der Waals surface area contributed by atoms with Crippen molar-refractivity contribution in [2.75, 3.05) is 13.2 Å². The number of rotatable bonds is 5. The normalized spacial score (nSPS) is 12.6. The van der Waals surface area contributed by atoms with Crippen LogP contribution in [0.1, 0.15) is 19.8 Å². The zero-order chi connectivity index (χ0) is 8.69. The van der Waals surface area contributed by atoms with Crippen molar-refractivity contribution in [3.8, 4) is 0 Å². The number of aliphatic hydroxyl groups is 1. The van der Waals surface area contributed by atoms with E-state index in [4.69, 9.17) is 5.11 Å². The van der Waals surface area contributed by atoms with E-state index in [9.17, 15) is 9.18 Å². The van der Waals surface area contributed by atoms with Gasteiger partial charge in [-0.3, -0.25) is 4.79 Å². The Balaban J connectivity index is 3.30. The largest absolute Gasteiger partial charge is 0.466 e. The van der Waals surface area contributed by atoms with Crippen molar-refractivity contribution in [3.63, 3.8) is 0 Å². The Kier molecular flexibility index (Phi) is 5.74. The molecule has 0 aliphatic rings. The van der Waals surface area contributed by atoms with E-state index in [2.05, 4.69) is 4.74 Å². The highest BCUT2D eigenvalue weighted by atomic mass is 19.1. The lowest BCUT2D eigenvalue weighted by Crippen LogP contribution is -2.11. The number of carbonyl (C=O) groups excluding carboxylic acids is 1. The van der Waals surface area contributed by atoms with Crippen molar-refractivity contribution in [3.05, 3.63) is 0 Å². The number of halogens is 1. The van der Waals surface area contributed by atoms with Gasteiger partial charge >= 0.3 is 5.97 Å². The number of esters is 1. The molecule has 66 valence electrons. The van der Waals surface area contributed by atoms with Crippen molar-refractivity contribution in [2.45, 2.75) is 25.9 Å². The van der Waals surface area contributed by atoms with Crippen molar-refractivity contribution in [1.82, 2.24) is 0 Å². The summed E-state index contributed by atoms with van der Waals surface area (Å²) in [6.45, 7) is 1.48. The van der Waals surface area contributed by atoms with E-state index in [0.717, 1.165) is 0 Å². The molecular weight excluding hydrogens is 151 g/mol. The minimum Gasteiger partial charge on any atom is -0.466 e. The van der Waals surface area contributed by atoms with Gasteiger partial charge in [-0.25, -0.2) is 4.39 Å². The van der Waals surface area contributed by atoms with Gasteiger partial charge in [-0.2, -0.15) is 0 Å². The number of alkyl halides is 1. The minimum absolute atomic E-state index is 0.0370. The van der Waals surface area contributed by atoms with E-state index < -0.39 is 18.7 Å². The molecule has 0 aromatic carbocycles. The van der Waals surface area contributed by atoms with Gasteiger partial charge in [0.25, 0.3) is 0 Å². The summed E-state index contributed by atoms with van der Waals surface area (Å²) in [5, 5.41) is 8.25. The minimum atomic E-state index is -1.31. The standard InChI is InChI=1S/C7H13FO3/c1-2-11-7(10)4-3-6(8)5-9/h6,9H,2-5H2,1H3. The molecule has 1 atom stereocenters. The predicted octanol–water partition coefficient (Wildman–Crippen LogP) is 0.660. The van der Waals surface area contributed by atoms with Crippen LogP contribution in [0.5, 0.6) is 0 Å².